The lowest BCUT2D eigenvalue weighted by atomic mass is 9.96. The van der Waals surface area contributed by atoms with Crippen molar-refractivity contribution < 1.29 is 14.9 Å². The number of hydrogen-bond donors (Lipinski definition) is 2. The number of oxime groups is 1. The van der Waals surface area contributed by atoms with Crippen LogP contribution in [0.3, 0.4) is 0 Å². The van der Waals surface area contributed by atoms with Gasteiger partial charge in [0.15, 0.2) is 5.71 Å². The van der Waals surface area contributed by atoms with Gasteiger partial charge in [0.25, 0.3) is 5.91 Å². The Morgan fingerprint density at radius 3 is 2.58 bits per heavy atom. The van der Waals surface area contributed by atoms with Crippen LogP contribution in [0.25, 0.3) is 0 Å². The minimum atomic E-state index is -1.08. The number of nitrogens with one attached hydrogen (secondary N) is 1. The van der Waals surface area contributed by atoms with Crippen molar-refractivity contribution in [2.75, 3.05) is 7.05 Å². The van der Waals surface area contributed by atoms with Crippen molar-refractivity contribution in [3.63, 3.8) is 0 Å². The standard InChI is InChI=1S/C10H15N5O4/c1-6-8(15(18)19)12-5-14(6)10(2,3)7(13-17)9(16)11-4/h5,17H,1-4H3,(H,11,16)/b13-7-. The van der Waals surface area contributed by atoms with E-state index in [1.165, 1.54) is 24.9 Å². The molecule has 0 bridgehead atoms. The summed E-state index contributed by atoms with van der Waals surface area (Å²) < 4.78 is 1.41. The number of imidazole rings is 1. The van der Waals surface area contributed by atoms with Crippen molar-refractivity contribution in [3.8, 4) is 0 Å². The predicted molar refractivity (Wildman–Crippen MR) is 66.2 cm³/mol. The van der Waals surface area contributed by atoms with Crippen LogP contribution >= 0.6 is 0 Å². The first kappa shape index (κ1) is 14.6. The summed E-state index contributed by atoms with van der Waals surface area (Å²) in [7, 11) is 1.40. The zero-order chi connectivity index (χ0) is 14.8. The first-order valence-corrected chi connectivity index (χ1v) is 5.40. The van der Waals surface area contributed by atoms with E-state index in [1.807, 2.05) is 0 Å². The highest BCUT2D eigenvalue weighted by Gasteiger charge is 2.36. The quantitative estimate of drug-likeness (QED) is 0.354. The molecule has 0 spiro atoms. The number of aromatic nitrogens is 2. The Bertz CT molecular complexity index is 546. The minimum absolute atomic E-state index is 0.176. The van der Waals surface area contributed by atoms with Crippen molar-refractivity contribution in [3.05, 3.63) is 22.1 Å². The Morgan fingerprint density at radius 2 is 2.21 bits per heavy atom. The van der Waals surface area contributed by atoms with Crippen molar-refractivity contribution in [2.45, 2.75) is 26.3 Å². The maximum Gasteiger partial charge on any atom is 0.384 e. The molecule has 9 heteroatoms. The summed E-state index contributed by atoms with van der Waals surface area (Å²) in [5.74, 6) is -0.884. The van der Waals surface area contributed by atoms with E-state index in [0.717, 1.165) is 0 Å². The Hall–Kier alpha value is -2.45. The molecule has 1 heterocycles. The Balaban J connectivity index is 3.34. The number of nitro groups is 1. The SMILES string of the molecule is CNC(=O)/C(=N/O)C(C)(C)n1cnc([N+](=O)[O-])c1C. The lowest BCUT2D eigenvalue weighted by Crippen LogP contribution is -2.45. The molecule has 1 rings (SSSR count). The van der Waals surface area contributed by atoms with E-state index < -0.39 is 16.4 Å². The summed E-state index contributed by atoms with van der Waals surface area (Å²) >= 11 is 0. The average molecular weight is 269 g/mol. The molecule has 9 nitrogen and oxygen atoms in total. The number of carbonyl (C=O) groups is 1. The normalized spacial score (nSPS) is 12.3. The molecular weight excluding hydrogens is 254 g/mol. The van der Waals surface area contributed by atoms with Crippen LogP contribution in [-0.4, -0.2) is 38.3 Å². The highest BCUT2D eigenvalue weighted by molar-refractivity contribution is 6.41. The lowest BCUT2D eigenvalue weighted by molar-refractivity contribution is -0.390. The van der Waals surface area contributed by atoms with Gasteiger partial charge in [-0.1, -0.05) is 5.16 Å². The maximum absolute atomic E-state index is 11.6. The van der Waals surface area contributed by atoms with E-state index in [-0.39, 0.29) is 17.2 Å². The topological polar surface area (TPSA) is 123 Å². The van der Waals surface area contributed by atoms with E-state index in [1.54, 1.807) is 13.8 Å². The van der Waals surface area contributed by atoms with Gasteiger partial charge in [-0.05, 0) is 30.7 Å². The van der Waals surface area contributed by atoms with Gasteiger partial charge in [0.1, 0.15) is 5.69 Å². The summed E-state index contributed by atoms with van der Waals surface area (Å²) in [5.41, 5.74) is -0.995. The zero-order valence-electron chi connectivity index (χ0n) is 11.0. The van der Waals surface area contributed by atoms with Gasteiger partial charge in [0, 0.05) is 7.05 Å². The van der Waals surface area contributed by atoms with Crippen molar-refractivity contribution in [2.24, 2.45) is 5.16 Å². The molecule has 0 aromatic carbocycles. The van der Waals surface area contributed by atoms with Gasteiger partial charge in [0.2, 0.25) is 6.33 Å². The molecule has 0 saturated carbocycles. The number of rotatable bonds is 4. The molecule has 0 aliphatic carbocycles. The molecule has 104 valence electrons. The number of hydrogen-bond acceptors (Lipinski definition) is 6. The molecule has 1 aromatic rings. The highest BCUT2D eigenvalue weighted by atomic mass is 16.6. The van der Waals surface area contributed by atoms with Crippen LogP contribution in [0.5, 0.6) is 0 Å². The Kier molecular flexibility index (Phi) is 3.88. The fourth-order valence-electron chi connectivity index (χ4n) is 1.82. The smallest absolute Gasteiger partial charge is 0.384 e. The number of carbonyl (C=O) groups excluding carboxylic acids is 1. The summed E-state index contributed by atoms with van der Waals surface area (Å²) in [5, 5.41) is 25.1. The molecular formula is C10H15N5O4. The molecule has 0 radical (unpaired) electrons. The third-order valence-corrected chi connectivity index (χ3v) is 2.88. The van der Waals surface area contributed by atoms with Crippen LogP contribution < -0.4 is 5.32 Å². The summed E-state index contributed by atoms with van der Waals surface area (Å²) in [6, 6.07) is 0. The van der Waals surface area contributed by atoms with Gasteiger partial charge in [-0.25, -0.2) is 0 Å². The van der Waals surface area contributed by atoms with E-state index in [4.69, 9.17) is 5.21 Å². The molecule has 0 fully saturated rings. The second-order valence-electron chi connectivity index (χ2n) is 4.37. The zero-order valence-corrected chi connectivity index (χ0v) is 11.0. The second kappa shape index (κ2) is 5.04. The maximum atomic E-state index is 11.6. The molecule has 0 unspecified atom stereocenters. The van der Waals surface area contributed by atoms with Crippen LogP contribution in [0, 0.1) is 17.0 Å². The molecule has 19 heavy (non-hydrogen) atoms. The van der Waals surface area contributed by atoms with Gasteiger partial charge in [-0.15, -0.1) is 0 Å². The van der Waals surface area contributed by atoms with Crippen LogP contribution in [0.2, 0.25) is 0 Å². The van der Waals surface area contributed by atoms with E-state index in [0.29, 0.717) is 0 Å². The highest BCUT2D eigenvalue weighted by Crippen LogP contribution is 2.25. The van der Waals surface area contributed by atoms with Crippen molar-refractivity contribution >= 4 is 17.4 Å². The molecule has 1 aromatic heterocycles. The Labute approximate surface area is 109 Å². The minimum Gasteiger partial charge on any atom is -0.410 e. The van der Waals surface area contributed by atoms with E-state index >= 15 is 0 Å². The lowest BCUT2D eigenvalue weighted by Gasteiger charge is -2.26. The molecule has 2 N–H and O–H groups in total. The van der Waals surface area contributed by atoms with Crippen molar-refractivity contribution in [1.82, 2.24) is 14.9 Å². The van der Waals surface area contributed by atoms with Crippen LogP contribution in [0.1, 0.15) is 19.5 Å². The van der Waals surface area contributed by atoms with Gasteiger partial charge in [0.05, 0.1) is 5.54 Å². The molecule has 0 saturated heterocycles. The monoisotopic (exact) mass is 269 g/mol. The fraction of sp³-hybridized carbons (Fsp3) is 0.500. The largest absolute Gasteiger partial charge is 0.410 e. The third kappa shape index (κ3) is 2.39. The molecule has 0 atom stereocenters. The summed E-state index contributed by atoms with van der Waals surface area (Å²) in [6.45, 7) is 4.69. The first-order chi connectivity index (χ1) is 8.77. The second-order valence-corrected chi connectivity index (χ2v) is 4.37. The first-order valence-electron chi connectivity index (χ1n) is 5.40. The van der Waals surface area contributed by atoms with Crippen LogP contribution in [0.15, 0.2) is 11.5 Å². The number of amides is 1. The summed E-state index contributed by atoms with van der Waals surface area (Å²) in [4.78, 5) is 25.5. The van der Waals surface area contributed by atoms with E-state index in [2.05, 4.69) is 15.5 Å². The van der Waals surface area contributed by atoms with E-state index in [9.17, 15) is 14.9 Å². The molecule has 0 aliphatic heterocycles. The van der Waals surface area contributed by atoms with Crippen LogP contribution in [0.4, 0.5) is 5.82 Å². The number of nitrogens with zero attached hydrogens (tertiary/aromatic N) is 4. The Morgan fingerprint density at radius 1 is 1.63 bits per heavy atom. The third-order valence-electron chi connectivity index (χ3n) is 2.88. The molecule has 0 aliphatic rings. The van der Waals surface area contributed by atoms with Crippen LogP contribution in [-0.2, 0) is 10.3 Å². The average Bonchev–Trinajstić information content (AvgIpc) is 2.72. The fourth-order valence-corrected chi connectivity index (χ4v) is 1.82. The predicted octanol–water partition coefficient (Wildman–Crippen LogP) is 0.411. The van der Waals surface area contributed by atoms with Crippen molar-refractivity contribution in [1.29, 1.82) is 0 Å². The van der Waals surface area contributed by atoms with Gasteiger partial charge in [-0.2, -0.15) is 0 Å². The summed E-state index contributed by atoms with van der Waals surface area (Å²) in [6.07, 6.45) is 1.24. The molecule has 1 amide bonds. The van der Waals surface area contributed by atoms with Gasteiger partial charge < -0.3 is 20.6 Å². The van der Waals surface area contributed by atoms with Gasteiger partial charge in [-0.3, -0.25) is 9.36 Å². The van der Waals surface area contributed by atoms with Gasteiger partial charge >= 0.3 is 5.82 Å².